The topological polar surface area (TPSA) is 65.5 Å². The Balaban J connectivity index is 1.75. The molecule has 1 amide bonds. The first-order valence-electron chi connectivity index (χ1n) is 8.94. The number of hydrogen-bond donors (Lipinski definition) is 2. The highest BCUT2D eigenvalue weighted by Gasteiger charge is 2.26. The molecule has 138 valence electrons. The number of benzene rings is 1. The summed E-state index contributed by atoms with van der Waals surface area (Å²) in [6.45, 7) is 3.49. The minimum Gasteiger partial charge on any atom is -0.384 e. The van der Waals surface area contributed by atoms with Crippen LogP contribution in [0.25, 0.3) is 0 Å². The van der Waals surface area contributed by atoms with Crippen LogP contribution in [-0.4, -0.2) is 40.5 Å². The largest absolute Gasteiger partial charge is 0.384 e. The third-order valence-corrected chi connectivity index (χ3v) is 4.96. The van der Waals surface area contributed by atoms with Crippen LogP contribution in [0.5, 0.6) is 0 Å². The number of likely N-dealkylation sites (tertiary alicyclic amines) is 1. The number of aliphatic hydroxyl groups is 1. The number of nitrogens with one attached hydrogen (secondary N) is 1. The highest BCUT2D eigenvalue weighted by atomic mass is 35.5. The van der Waals surface area contributed by atoms with E-state index in [4.69, 9.17) is 11.6 Å². The number of hydrogen-bond acceptors (Lipinski definition) is 4. The van der Waals surface area contributed by atoms with E-state index in [1.54, 1.807) is 43.5 Å². The molecule has 3 rings (SSSR count). The van der Waals surface area contributed by atoms with E-state index in [0.29, 0.717) is 22.0 Å². The molecule has 1 unspecified atom stereocenters. The van der Waals surface area contributed by atoms with Crippen molar-refractivity contribution in [3.63, 3.8) is 0 Å². The van der Waals surface area contributed by atoms with E-state index in [1.807, 2.05) is 11.0 Å². The van der Waals surface area contributed by atoms with Crippen molar-refractivity contribution in [3.05, 3.63) is 58.7 Å². The van der Waals surface area contributed by atoms with Crippen molar-refractivity contribution in [2.45, 2.75) is 31.8 Å². The Hall–Kier alpha value is -2.11. The molecule has 0 saturated carbocycles. The van der Waals surface area contributed by atoms with E-state index in [0.717, 1.165) is 25.9 Å². The van der Waals surface area contributed by atoms with Crippen LogP contribution in [0, 0.1) is 0 Å². The molecule has 0 radical (unpaired) electrons. The fourth-order valence-corrected chi connectivity index (χ4v) is 3.36. The van der Waals surface area contributed by atoms with Crippen molar-refractivity contribution in [2.75, 3.05) is 25.0 Å². The first kappa shape index (κ1) is 18.7. The number of carbonyl (C=O) groups excluding carboxylic acids is 1. The van der Waals surface area contributed by atoms with Crippen LogP contribution in [0.3, 0.4) is 0 Å². The van der Waals surface area contributed by atoms with Gasteiger partial charge in [-0.2, -0.15) is 0 Å². The van der Waals surface area contributed by atoms with E-state index in [9.17, 15) is 9.90 Å². The molecule has 0 aliphatic carbocycles. The summed E-state index contributed by atoms with van der Waals surface area (Å²) in [5, 5.41) is 14.5. The van der Waals surface area contributed by atoms with Crippen molar-refractivity contribution in [2.24, 2.45) is 0 Å². The quantitative estimate of drug-likeness (QED) is 0.839. The number of nitrogens with zero attached hydrogens (tertiary/aromatic N) is 2. The molecular formula is C20H24ClN3O2. The van der Waals surface area contributed by atoms with Crippen LogP contribution in [-0.2, 0) is 5.60 Å². The van der Waals surface area contributed by atoms with Gasteiger partial charge in [0, 0.05) is 30.9 Å². The lowest BCUT2D eigenvalue weighted by Crippen LogP contribution is -2.36. The molecule has 1 aliphatic rings. The minimum atomic E-state index is -1.14. The van der Waals surface area contributed by atoms with Crippen LogP contribution in [0.2, 0.25) is 5.02 Å². The van der Waals surface area contributed by atoms with Crippen LogP contribution < -0.4 is 5.32 Å². The lowest BCUT2D eigenvalue weighted by molar-refractivity contribution is 0.0700. The maximum absolute atomic E-state index is 12.8. The molecule has 1 aromatic heterocycles. The molecule has 0 spiro atoms. The van der Waals surface area contributed by atoms with Gasteiger partial charge in [0.15, 0.2) is 0 Å². The molecule has 1 aromatic carbocycles. The SMILES string of the molecule is CC(O)(CNc1ncccc1C(=O)N1CCCCC1)c1cccc(Cl)c1. The van der Waals surface area contributed by atoms with Gasteiger partial charge in [-0.25, -0.2) is 4.98 Å². The monoisotopic (exact) mass is 373 g/mol. The third kappa shape index (κ3) is 4.34. The van der Waals surface area contributed by atoms with Gasteiger partial charge in [-0.1, -0.05) is 23.7 Å². The van der Waals surface area contributed by atoms with Crippen molar-refractivity contribution in [1.29, 1.82) is 0 Å². The maximum Gasteiger partial charge on any atom is 0.257 e. The highest BCUT2D eigenvalue weighted by molar-refractivity contribution is 6.30. The van der Waals surface area contributed by atoms with E-state index >= 15 is 0 Å². The minimum absolute atomic E-state index is 0.0114. The maximum atomic E-state index is 12.8. The Morgan fingerprint density at radius 2 is 2.04 bits per heavy atom. The second-order valence-corrected chi connectivity index (χ2v) is 7.33. The summed E-state index contributed by atoms with van der Waals surface area (Å²) in [6.07, 6.45) is 4.89. The Bertz CT molecular complexity index is 773. The molecule has 2 aromatic rings. The average molecular weight is 374 g/mol. The Labute approximate surface area is 159 Å². The molecule has 2 heterocycles. The third-order valence-electron chi connectivity index (χ3n) is 4.73. The summed E-state index contributed by atoms with van der Waals surface area (Å²) < 4.78 is 0. The molecule has 26 heavy (non-hydrogen) atoms. The number of pyridine rings is 1. The molecule has 1 atom stereocenters. The van der Waals surface area contributed by atoms with Gasteiger partial charge in [0.05, 0.1) is 5.56 Å². The second kappa shape index (κ2) is 8.06. The number of aromatic nitrogens is 1. The standard InChI is InChI=1S/C20H24ClN3O2/c1-20(26,15-7-5-8-16(21)13-15)14-23-18-17(9-6-10-22-18)19(25)24-11-3-2-4-12-24/h5-10,13,26H,2-4,11-12,14H2,1H3,(H,22,23). The fraction of sp³-hybridized carbons (Fsp3) is 0.400. The van der Waals surface area contributed by atoms with Gasteiger partial charge in [0.25, 0.3) is 5.91 Å². The van der Waals surface area contributed by atoms with Gasteiger partial charge in [0.1, 0.15) is 11.4 Å². The van der Waals surface area contributed by atoms with Gasteiger partial charge < -0.3 is 15.3 Å². The summed E-state index contributed by atoms with van der Waals surface area (Å²) in [4.78, 5) is 19.0. The van der Waals surface area contributed by atoms with Gasteiger partial charge in [-0.3, -0.25) is 4.79 Å². The fourth-order valence-electron chi connectivity index (χ4n) is 3.17. The first-order chi connectivity index (χ1) is 12.5. The molecule has 6 heteroatoms. The summed E-state index contributed by atoms with van der Waals surface area (Å²) >= 11 is 6.03. The molecule has 1 fully saturated rings. The summed E-state index contributed by atoms with van der Waals surface area (Å²) in [6, 6.07) is 10.7. The zero-order chi connectivity index (χ0) is 18.6. The van der Waals surface area contributed by atoms with Crippen molar-refractivity contribution in [3.8, 4) is 0 Å². The van der Waals surface area contributed by atoms with Gasteiger partial charge in [-0.15, -0.1) is 0 Å². The number of halogens is 1. The van der Waals surface area contributed by atoms with Gasteiger partial charge in [-0.05, 0) is 56.0 Å². The Morgan fingerprint density at radius 1 is 1.27 bits per heavy atom. The molecular weight excluding hydrogens is 350 g/mol. The summed E-state index contributed by atoms with van der Waals surface area (Å²) in [7, 11) is 0. The van der Waals surface area contributed by atoms with Crippen LogP contribution in [0.15, 0.2) is 42.6 Å². The molecule has 1 aliphatic heterocycles. The summed E-state index contributed by atoms with van der Waals surface area (Å²) in [5.74, 6) is 0.480. The van der Waals surface area contributed by atoms with Crippen molar-refractivity contribution >= 4 is 23.3 Å². The normalized spacial score (nSPS) is 16.8. The predicted molar refractivity (Wildman–Crippen MR) is 104 cm³/mol. The van der Waals surface area contributed by atoms with Crippen LogP contribution in [0.4, 0.5) is 5.82 Å². The second-order valence-electron chi connectivity index (χ2n) is 6.89. The number of piperidine rings is 1. The lowest BCUT2D eigenvalue weighted by Gasteiger charge is -2.28. The van der Waals surface area contributed by atoms with Crippen molar-refractivity contribution in [1.82, 2.24) is 9.88 Å². The van der Waals surface area contributed by atoms with E-state index in [2.05, 4.69) is 10.3 Å². The molecule has 5 nitrogen and oxygen atoms in total. The number of amides is 1. The summed E-state index contributed by atoms with van der Waals surface area (Å²) in [5.41, 5.74) is 0.0991. The number of anilines is 1. The van der Waals surface area contributed by atoms with Gasteiger partial charge in [0.2, 0.25) is 0 Å². The number of carbonyl (C=O) groups is 1. The Morgan fingerprint density at radius 3 is 2.77 bits per heavy atom. The zero-order valence-electron chi connectivity index (χ0n) is 14.9. The van der Waals surface area contributed by atoms with E-state index < -0.39 is 5.60 Å². The first-order valence-corrected chi connectivity index (χ1v) is 9.32. The number of rotatable bonds is 5. The van der Waals surface area contributed by atoms with Crippen molar-refractivity contribution < 1.29 is 9.90 Å². The smallest absolute Gasteiger partial charge is 0.257 e. The van der Waals surface area contributed by atoms with Gasteiger partial charge >= 0.3 is 0 Å². The highest BCUT2D eigenvalue weighted by Crippen LogP contribution is 2.25. The van der Waals surface area contributed by atoms with E-state index in [1.165, 1.54) is 6.42 Å². The van der Waals surface area contributed by atoms with Crippen LogP contribution >= 0.6 is 11.6 Å². The Kier molecular flexibility index (Phi) is 5.79. The van der Waals surface area contributed by atoms with E-state index in [-0.39, 0.29) is 12.5 Å². The molecule has 1 saturated heterocycles. The average Bonchev–Trinajstić information content (AvgIpc) is 2.67. The predicted octanol–water partition coefficient (Wildman–Crippen LogP) is 3.68. The van der Waals surface area contributed by atoms with Crippen LogP contribution in [0.1, 0.15) is 42.1 Å². The molecule has 0 bridgehead atoms. The lowest BCUT2D eigenvalue weighted by atomic mass is 9.96. The molecule has 2 N–H and O–H groups in total. The zero-order valence-corrected chi connectivity index (χ0v) is 15.7.